The van der Waals surface area contributed by atoms with Crippen LogP contribution in [0.15, 0.2) is 21.0 Å². The lowest BCUT2D eigenvalue weighted by molar-refractivity contribution is 0.379. The predicted octanol–water partition coefficient (Wildman–Crippen LogP) is 2.95. The molecule has 1 atom stereocenters. The van der Waals surface area contributed by atoms with E-state index in [1.165, 1.54) is 0 Å². The highest BCUT2D eigenvalue weighted by molar-refractivity contribution is 5.08. The van der Waals surface area contributed by atoms with Crippen molar-refractivity contribution in [2.24, 2.45) is 0 Å². The molecule has 5 nitrogen and oxygen atoms in total. The van der Waals surface area contributed by atoms with Gasteiger partial charge in [0, 0.05) is 5.92 Å². The third-order valence-corrected chi connectivity index (χ3v) is 2.72. The topological polar surface area (TPSA) is 64.1 Å². The van der Waals surface area contributed by atoms with E-state index in [2.05, 4.69) is 15.5 Å². The molecule has 2 rings (SSSR count). The Morgan fingerprint density at radius 2 is 1.94 bits per heavy atom. The Labute approximate surface area is 107 Å². The molecule has 0 spiro atoms. The van der Waals surface area contributed by atoms with Crippen molar-refractivity contribution in [3.8, 4) is 0 Å². The maximum Gasteiger partial charge on any atom is 0.230 e. The monoisotopic (exact) mass is 249 g/mol. The van der Waals surface area contributed by atoms with Gasteiger partial charge in [0.1, 0.15) is 11.5 Å². The molecule has 2 aromatic rings. The van der Waals surface area contributed by atoms with Gasteiger partial charge in [-0.1, -0.05) is 13.8 Å². The minimum absolute atomic E-state index is 0.119. The summed E-state index contributed by atoms with van der Waals surface area (Å²) >= 11 is 0. The Morgan fingerprint density at radius 1 is 1.17 bits per heavy atom. The molecule has 2 heterocycles. The summed E-state index contributed by atoms with van der Waals surface area (Å²) in [6.07, 6.45) is 0. The van der Waals surface area contributed by atoms with E-state index in [4.69, 9.17) is 8.83 Å². The van der Waals surface area contributed by atoms with E-state index in [9.17, 15) is 0 Å². The van der Waals surface area contributed by atoms with E-state index < -0.39 is 0 Å². The predicted molar refractivity (Wildman–Crippen MR) is 67.1 cm³/mol. The van der Waals surface area contributed by atoms with Crippen LogP contribution in [0.3, 0.4) is 0 Å². The zero-order valence-electron chi connectivity index (χ0n) is 11.2. The van der Waals surface area contributed by atoms with E-state index in [0.717, 1.165) is 11.5 Å². The number of nitrogens with one attached hydrogen (secondary N) is 1. The van der Waals surface area contributed by atoms with Crippen molar-refractivity contribution >= 4 is 0 Å². The standard InChI is InChI=1S/C13H19N3O2/c1-8(2)13-16-15-12(18-13)7-14-10(4)11-6-5-9(3)17-11/h5-6,8,10,14H,7H2,1-4H3. The van der Waals surface area contributed by atoms with E-state index in [1.54, 1.807) is 0 Å². The van der Waals surface area contributed by atoms with E-state index in [0.29, 0.717) is 18.3 Å². The highest BCUT2D eigenvalue weighted by Gasteiger charge is 2.12. The summed E-state index contributed by atoms with van der Waals surface area (Å²) in [4.78, 5) is 0. The Bertz CT molecular complexity index is 502. The van der Waals surface area contributed by atoms with Gasteiger partial charge in [0.25, 0.3) is 0 Å². The number of hydrogen-bond donors (Lipinski definition) is 1. The Balaban J connectivity index is 1.90. The number of rotatable bonds is 5. The zero-order chi connectivity index (χ0) is 13.1. The van der Waals surface area contributed by atoms with E-state index in [-0.39, 0.29) is 12.0 Å². The second-order valence-corrected chi connectivity index (χ2v) is 4.74. The first-order valence-electron chi connectivity index (χ1n) is 6.18. The molecular weight excluding hydrogens is 230 g/mol. The molecule has 1 N–H and O–H groups in total. The summed E-state index contributed by atoms with van der Waals surface area (Å²) in [5.74, 6) is 3.37. The van der Waals surface area contributed by atoms with Crippen LogP contribution in [-0.4, -0.2) is 10.2 Å². The van der Waals surface area contributed by atoms with Crippen molar-refractivity contribution in [2.75, 3.05) is 0 Å². The fourth-order valence-electron chi connectivity index (χ4n) is 1.60. The molecule has 0 aliphatic heterocycles. The third-order valence-electron chi connectivity index (χ3n) is 2.72. The summed E-state index contributed by atoms with van der Waals surface area (Å²) in [7, 11) is 0. The average Bonchev–Trinajstić information content (AvgIpc) is 2.94. The molecule has 0 saturated carbocycles. The van der Waals surface area contributed by atoms with Crippen LogP contribution in [0, 0.1) is 6.92 Å². The molecular formula is C13H19N3O2. The summed E-state index contributed by atoms with van der Waals surface area (Å²) in [5, 5.41) is 11.3. The van der Waals surface area contributed by atoms with Crippen molar-refractivity contribution in [1.29, 1.82) is 0 Å². The van der Waals surface area contributed by atoms with Gasteiger partial charge in [0.2, 0.25) is 11.8 Å². The normalized spacial score (nSPS) is 13.2. The van der Waals surface area contributed by atoms with Crippen LogP contribution in [-0.2, 0) is 6.54 Å². The van der Waals surface area contributed by atoms with Gasteiger partial charge in [-0.2, -0.15) is 0 Å². The average molecular weight is 249 g/mol. The van der Waals surface area contributed by atoms with Gasteiger partial charge < -0.3 is 8.83 Å². The largest absolute Gasteiger partial charge is 0.465 e. The lowest BCUT2D eigenvalue weighted by Crippen LogP contribution is -2.17. The molecule has 0 amide bonds. The van der Waals surface area contributed by atoms with Crippen LogP contribution in [0.25, 0.3) is 0 Å². The molecule has 98 valence electrons. The maximum atomic E-state index is 5.55. The highest BCUT2D eigenvalue weighted by atomic mass is 16.4. The minimum Gasteiger partial charge on any atom is -0.465 e. The molecule has 5 heteroatoms. The molecule has 0 aliphatic rings. The van der Waals surface area contributed by atoms with Crippen molar-refractivity contribution in [1.82, 2.24) is 15.5 Å². The fourth-order valence-corrected chi connectivity index (χ4v) is 1.60. The zero-order valence-corrected chi connectivity index (χ0v) is 11.2. The first-order valence-corrected chi connectivity index (χ1v) is 6.18. The van der Waals surface area contributed by atoms with Crippen LogP contribution < -0.4 is 5.32 Å². The van der Waals surface area contributed by atoms with Gasteiger partial charge in [-0.05, 0) is 26.0 Å². The summed E-state index contributed by atoms with van der Waals surface area (Å²) in [6.45, 7) is 8.57. The second-order valence-electron chi connectivity index (χ2n) is 4.74. The van der Waals surface area contributed by atoms with Crippen LogP contribution in [0.1, 0.15) is 56.0 Å². The second kappa shape index (κ2) is 5.35. The Kier molecular flexibility index (Phi) is 3.81. The molecule has 0 fully saturated rings. The number of aromatic nitrogens is 2. The lowest BCUT2D eigenvalue weighted by atomic mass is 10.2. The van der Waals surface area contributed by atoms with Gasteiger partial charge in [-0.25, -0.2) is 0 Å². The maximum absolute atomic E-state index is 5.55. The number of furan rings is 1. The van der Waals surface area contributed by atoms with Crippen LogP contribution >= 0.6 is 0 Å². The lowest BCUT2D eigenvalue weighted by Gasteiger charge is -2.08. The van der Waals surface area contributed by atoms with Gasteiger partial charge in [-0.3, -0.25) is 5.32 Å². The van der Waals surface area contributed by atoms with Gasteiger partial charge in [0.05, 0.1) is 12.6 Å². The molecule has 1 unspecified atom stereocenters. The first-order chi connectivity index (χ1) is 8.56. The summed E-state index contributed by atoms with van der Waals surface area (Å²) in [5.41, 5.74) is 0. The molecule has 18 heavy (non-hydrogen) atoms. The Morgan fingerprint density at radius 3 is 2.50 bits per heavy atom. The highest BCUT2D eigenvalue weighted by Crippen LogP contribution is 2.16. The van der Waals surface area contributed by atoms with Crippen molar-refractivity contribution < 1.29 is 8.83 Å². The number of nitrogens with zero attached hydrogens (tertiary/aromatic N) is 2. The fraction of sp³-hybridized carbons (Fsp3) is 0.538. The van der Waals surface area contributed by atoms with Crippen molar-refractivity contribution in [3.05, 3.63) is 35.4 Å². The minimum atomic E-state index is 0.119. The molecule has 0 saturated heterocycles. The van der Waals surface area contributed by atoms with Crippen LogP contribution in [0.2, 0.25) is 0 Å². The summed E-state index contributed by atoms with van der Waals surface area (Å²) < 4.78 is 11.1. The number of aryl methyl sites for hydroxylation is 1. The van der Waals surface area contributed by atoms with Gasteiger partial charge in [0.15, 0.2) is 0 Å². The van der Waals surface area contributed by atoms with Crippen molar-refractivity contribution in [3.63, 3.8) is 0 Å². The molecule has 2 aromatic heterocycles. The Hall–Kier alpha value is -1.62. The van der Waals surface area contributed by atoms with Crippen molar-refractivity contribution in [2.45, 2.75) is 46.2 Å². The molecule has 0 bridgehead atoms. The summed E-state index contributed by atoms with van der Waals surface area (Å²) in [6, 6.07) is 4.05. The molecule has 0 aromatic carbocycles. The number of hydrogen-bond acceptors (Lipinski definition) is 5. The van der Waals surface area contributed by atoms with E-state index >= 15 is 0 Å². The van der Waals surface area contributed by atoms with Crippen LogP contribution in [0.5, 0.6) is 0 Å². The van der Waals surface area contributed by atoms with Crippen LogP contribution in [0.4, 0.5) is 0 Å². The molecule has 0 radical (unpaired) electrons. The quantitative estimate of drug-likeness (QED) is 0.882. The molecule has 0 aliphatic carbocycles. The third kappa shape index (κ3) is 2.98. The smallest absolute Gasteiger partial charge is 0.230 e. The first kappa shape index (κ1) is 12.8. The SMILES string of the molecule is Cc1ccc(C(C)NCc2nnc(C(C)C)o2)o1. The van der Waals surface area contributed by atoms with E-state index in [1.807, 2.05) is 39.8 Å². The van der Waals surface area contributed by atoms with Gasteiger partial charge in [-0.15, -0.1) is 10.2 Å². The van der Waals surface area contributed by atoms with Gasteiger partial charge >= 0.3 is 0 Å².